The fraction of sp³-hybridized carbons (Fsp3) is 0.588. The SMILES string of the molecule is CS(=O)(=O)N1CCCC(C(=O)N2CCN(c3cccc(Cl)c3)CC2)C1.Cl. The Morgan fingerprint density at radius 3 is 2.46 bits per heavy atom. The van der Waals surface area contributed by atoms with Crippen molar-refractivity contribution in [3.63, 3.8) is 0 Å². The van der Waals surface area contributed by atoms with Crippen LogP contribution >= 0.6 is 24.0 Å². The van der Waals surface area contributed by atoms with E-state index in [9.17, 15) is 13.2 Å². The van der Waals surface area contributed by atoms with Crippen LogP contribution < -0.4 is 4.90 Å². The Kier molecular flexibility index (Phi) is 7.19. The first-order valence-corrected chi connectivity index (χ1v) is 10.8. The van der Waals surface area contributed by atoms with E-state index < -0.39 is 10.0 Å². The van der Waals surface area contributed by atoms with Gasteiger partial charge in [-0.15, -0.1) is 12.4 Å². The van der Waals surface area contributed by atoms with Crippen molar-refractivity contribution in [2.75, 3.05) is 50.4 Å². The van der Waals surface area contributed by atoms with Gasteiger partial charge in [-0.25, -0.2) is 12.7 Å². The van der Waals surface area contributed by atoms with E-state index in [1.165, 1.54) is 10.6 Å². The molecular formula is C17H25Cl2N3O3S. The maximum atomic E-state index is 12.8. The van der Waals surface area contributed by atoms with Gasteiger partial charge in [-0.2, -0.15) is 0 Å². The summed E-state index contributed by atoms with van der Waals surface area (Å²) in [4.78, 5) is 16.9. The summed E-state index contributed by atoms with van der Waals surface area (Å²) in [6, 6.07) is 7.73. The van der Waals surface area contributed by atoms with Crippen molar-refractivity contribution in [2.45, 2.75) is 12.8 Å². The zero-order chi connectivity index (χ0) is 18.0. The standard InChI is InChI=1S/C17H24ClN3O3S.ClH/c1-25(23,24)21-7-3-4-14(13-21)17(22)20-10-8-19(9-11-20)16-6-2-5-15(18)12-16;/h2,5-6,12,14H,3-4,7-11,13H2,1H3;1H. The first-order valence-electron chi connectivity index (χ1n) is 8.59. The maximum absolute atomic E-state index is 12.8. The van der Waals surface area contributed by atoms with E-state index in [4.69, 9.17) is 11.6 Å². The number of carbonyl (C=O) groups is 1. The fourth-order valence-electron chi connectivity index (χ4n) is 3.56. The third kappa shape index (κ3) is 5.03. The largest absolute Gasteiger partial charge is 0.368 e. The van der Waals surface area contributed by atoms with E-state index in [0.717, 1.165) is 31.6 Å². The number of anilines is 1. The van der Waals surface area contributed by atoms with Crippen LogP contribution in [0.1, 0.15) is 12.8 Å². The van der Waals surface area contributed by atoms with Crippen LogP contribution in [0.15, 0.2) is 24.3 Å². The van der Waals surface area contributed by atoms with Gasteiger partial charge in [0.25, 0.3) is 0 Å². The summed E-state index contributed by atoms with van der Waals surface area (Å²) in [7, 11) is -3.23. The highest BCUT2D eigenvalue weighted by molar-refractivity contribution is 7.88. The second-order valence-electron chi connectivity index (χ2n) is 6.75. The zero-order valence-corrected chi connectivity index (χ0v) is 17.2. The predicted octanol–water partition coefficient (Wildman–Crippen LogP) is 2.08. The van der Waals surface area contributed by atoms with Gasteiger partial charge in [-0.3, -0.25) is 4.79 Å². The molecule has 1 amide bonds. The molecule has 0 N–H and O–H groups in total. The number of hydrogen-bond donors (Lipinski definition) is 0. The second kappa shape index (κ2) is 8.78. The molecule has 1 atom stereocenters. The molecule has 6 nitrogen and oxygen atoms in total. The quantitative estimate of drug-likeness (QED) is 0.749. The number of nitrogens with zero attached hydrogens (tertiary/aromatic N) is 3. The number of piperazine rings is 1. The van der Waals surface area contributed by atoms with Crippen molar-refractivity contribution in [3.05, 3.63) is 29.3 Å². The molecule has 0 aromatic heterocycles. The topological polar surface area (TPSA) is 60.9 Å². The van der Waals surface area contributed by atoms with Crippen LogP contribution in [0.25, 0.3) is 0 Å². The Morgan fingerprint density at radius 2 is 1.85 bits per heavy atom. The third-order valence-corrected chi connectivity index (χ3v) is 6.47. The lowest BCUT2D eigenvalue weighted by Crippen LogP contribution is -2.53. The highest BCUT2D eigenvalue weighted by atomic mass is 35.5. The van der Waals surface area contributed by atoms with E-state index in [-0.39, 0.29) is 24.2 Å². The van der Waals surface area contributed by atoms with Crippen molar-refractivity contribution in [1.29, 1.82) is 0 Å². The summed E-state index contributed by atoms with van der Waals surface area (Å²) < 4.78 is 24.9. The van der Waals surface area contributed by atoms with Crippen LogP contribution in [0, 0.1) is 5.92 Å². The normalized spacial score (nSPS) is 22.0. The highest BCUT2D eigenvalue weighted by Crippen LogP contribution is 2.24. The van der Waals surface area contributed by atoms with E-state index in [0.29, 0.717) is 31.2 Å². The van der Waals surface area contributed by atoms with E-state index in [2.05, 4.69) is 4.90 Å². The van der Waals surface area contributed by atoms with Crippen LogP contribution in [-0.2, 0) is 14.8 Å². The van der Waals surface area contributed by atoms with E-state index >= 15 is 0 Å². The lowest BCUT2D eigenvalue weighted by Gasteiger charge is -2.39. The van der Waals surface area contributed by atoms with Crippen LogP contribution in [0.2, 0.25) is 5.02 Å². The van der Waals surface area contributed by atoms with E-state index in [1.54, 1.807) is 0 Å². The average molecular weight is 422 g/mol. The molecule has 146 valence electrons. The van der Waals surface area contributed by atoms with Gasteiger partial charge < -0.3 is 9.80 Å². The highest BCUT2D eigenvalue weighted by Gasteiger charge is 2.33. The molecule has 2 fully saturated rings. The predicted molar refractivity (Wildman–Crippen MR) is 107 cm³/mol. The Bertz CT molecular complexity index is 737. The Morgan fingerprint density at radius 1 is 1.15 bits per heavy atom. The number of amides is 1. The van der Waals surface area contributed by atoms with Gasteiger partial charge in [0.1, 0.15) is 0 Å². The Labute approximate surface area is 166 Å². The van der Waals surface area contributed by atoms with Gasteiger partial charge in [-0.1, -0.05) is 17.7 Å². The molecule has 2 aliphatic rings. The molecule has 0 spiro atoms. The molecule has 1 unspecified atom stereocenters. The van der Waals surface area contributed by atoms with Gasteiger partial charge in [0, 0.05) is 50.0 Å². The van der Waals surface area contributed by atoms with Crippen molar-refractivity contribution in [1.82, 2.24) is 9.21 Å². The van der Waals surface area contributed by atoms with Crippen LogP contribution in [0.5, 0.6) is 0 Å². The van der Waals surface area contributed by atoms with Crippen molar-refractivity contribution in [3.8, 4) is 0 Å². The van der Waals surface area contributed by atoms with Gasteiger partial charge >= 0.3 is 0 Å². The Hall–Kier alpha value is -1.02. The first-order chi connectivity index (χ1) is 11.8. The monoisotopic (exact) mass is 421 g/mol. The minimum Gasteiger partial charge on any atom is -0.368 e. The minimum atomic E-state index is -3.23. The molecule has 2 aliphatic heterocycles. The summed E-state index contributed by atoms with van der Waals surface area (Å²) >= 11 is 6.05. The minimum absolute atomic E-state index is 0. The number of rotatable bonds is 3. The molecule has 2 heterocycles. The van der Waals surface area contributed by atoms with Gasteiger partial charge in [-0.05, 0) is 31.0 Å². The van der Waals surface area contributed by atoms with Crippen molar-refractivity contribution in [2.24, 2.45) is 5.92 Å². The number of carbonyl (C=O) groups excluding carboxylic acids is 1. The smallest absolute Gasteiger partial charge is 0.227 e. The molecule has 1 aromatic carbocycles. The Balaban J connectivity index is 0.00000243. The van der Waals surface area contributed by atoms with Crippen molar-refractivity contribution < 1.29 is 13.2 Å². The lowest BCUT2D eigenvalue weighted by molar-refractivity contribution is -0.137. The molecule has 9 heteroatoms. The number of benzene rings is 1. The fourth-order valence-corrected chi connectivity index (χ4v) is 4.66. The number of piperidine rings is 1. The summed E-state index contributed by atoms with van der Waals surface area (Å²) in [6.07, 6.45) is 2.72. The van der Waals surface area contributed by atoms with Gasteiger partial charge in [0.2, 0.25) is 15.9 Å². The van der Waals surface area contributed by atoms with Crippen LogP contribution in [0.4, 0.5) is 5.69 Å². The third-order valence-electron chi connectivity index (χ3n) is 4.97. The molecule has 1 aromatic rings. The number of hydrogen-bond acceptors (Lipinski definition) is 4. The average Bonchev–Trinajstić information content (AvgIpc) is 2.61. The lowest BCUT2D eigenvalue weighted by atomic mass is 9.97. The van der Waals surface area contributed by atoms with Gasteiger partial charge in [0.15, 0.2) is 0 Å². The summed E-state index contributed by atoms with van der Waals surface area (Å²) in [5, 5.41) is 0.707. The second-order valence-corrected chi connectivity index (χ2v) is 9.17. The molecule has 2 saturated heterocycles. The molecule has 0 saturated carbocycles. The first kappa shape index (κ1) is 21.3. The van der Waals surface area contributed by atoms with Crippen LogP contribution in [0.3, 0.4) is 0 Å². The zero-order valence-electron chi connectivity index (χ0n) is 14.8. The summed E-state index contributed by atoms with van der Waals surface area (Å²) in [6.45, 7) is 3.65. The van der Waals surface area contributed by atoms with Crippen molar-refractivity contribution >= 4 is 45.6 Å². The molecule has 0 aliphatic carbocycles. The molecule has 0 bridgehead atoms. The summed E-state index contributed by atoms with van der Waals surface area (Å²) in [5.41, 5.74) is 1.07. The van der Waals surface area contributed by atoms with Gasteiger partial charge in [0.05, 0.1) is 12.2 Å². The molecular weight excluding hydrogens is 397 g/mol. The molecule has 0 radical (unpaired) electrons. The number of sulfonamides is 1. The molecule has 3 rings (SSSR count). The van der Waals surface area contributed by atoms with E-state index in [1.807, 2.05) is 29.2 Å². The maximum Gasteiger partial charge on any atom is 0.227 e. The summed E-state index contributed by atoms with van der Waals surface area (Å²) in [5.74, 6) is -0.139. The van der Waals surface area contributed by atoms with Crippen LogP contribution in [-0.4, -0.2) is 69.1 Å². The number of halogens is 2. The molecule has 26 heavy (non-hydrogen) atoms.